The van der Waals surface area contributed by atoms with Crippen LogP contribution in [0, 0.1) is 19.1 Å². The summed E-state index contributed by atoms with van der Waals surface area (Å²) in [5.41, 5.74) is 8.50. The van der Waals surface area contributed by atoms with Crippen LogP contribution in [0.3, 0.4) is 0 Å². The van der Waals surface area contributed by atoms with E-state index in [1.165, 1.54) is 11.1 Å². The molecule has 0 N–H and O–H groups in total. The molecular formula is C37H29IrN3O-2. The maximum atomic E-state index is 6.08. The number of furan rings is 1. The fourth-order valence-electron chi connectivity index (χ4n) is 4.86. The van der Waals surface area contributed by atoms with Crippen LogP contribution < -0.4 is 0 Å². The molecule has 7 aromatic rings. The molecule has 0 aliphatic heterocycles. The summed E-state index contributed by atoms with van der Waals surface area (Å²) in [6.07, 6.45) is 3.62. The van der Waals surface area contributed by atoms with Crippen molar-refractivity contribution in [2.45, 2.75) is 26.2 Å². The van der Waals surface area contributed by atoms with Crippen molar-refractivity contribution in [2.24, 2.45) is 0 Å². The molecule has 0 spiro atoms. The minimum atomic E-state index is -0.211. The molecule has 0 aliphatic rings. The summed E-state index contributed by atoms with van der Waals surface area (Å²) in [7, 11) is 0. The SMILES string of the molecule is Cc1ccnc(-c2[c-]cc3oc4nc(C(C)(C)c5ccccc5)ccc4c3c2)c1.[Ir].[c-]1ccccc1-c1ccccn1. The Morgan fingerprint density at radius 3 is 2.21 bits per heavy atom. The van der Waals surface area contributed by atoms with Gasteiger partial charge in [0, 0.05) is 43.3 Å². The molecule has 1 radical (unpaired) electrons. The predicted octanol–water partition coefficient (Wildman–Crippen LogP) is 9.02. The van der Waals surface area contributed by atoms with E-state index in [0.717, 1.165) is 44.6 Å². The molecule has 0 aliphatic carbocycles. The largest absolute Gasteiger partial charge is 0.486 e. The molecule has 0 atom stereocenters. The Morgan fingerprint density at radius 2 is 1.48 bits per heavy atom. The summed E-state index contributed by atoms with van der Waals surface area (Å²) >= 11 is 0. The van der Waals surface area contributed by atoms with Gasteiger partial charge in [-0.3, -0.25) is 0 Å². The molecule has 0 amide bonds. The van der Waals surface area contributed by atoms with E-state index < -0.39 is 0 Å². The molecule has 42 heavy (non-hydrogen) atoms. The van der Waals surface area contributed by atoms with Gasteiger partial charge in [-0.25, -0.2) is 4.98 Å². The first-order chi connectivity index (χ1) is 20.0. The van der Waals surface area contributed by atoms with Gasteiger partial charge in [-0.1, -0.05) is 73.3 Å². The van der Waals surface area contributed by atoms with Gasteiger partial charge in [0.2, 0.25) is 5.71 Å². The van der Waals surface area contributed by atoms with Crippen LogP contribution in [0.5, 0.6) is 0 Å². The van der Waals surface area contributed by atoms with Gasteiger partial charge in [-0.2, -0.15) is 0 Å². The summed E-state index contributed by atoms with van der Waals surface area (Å²) in [5.74, 6) is 0. The molecule has 0 saturated carbocycles. The van der Waals surface area contributed by atoms with Crippen molar-refractivity contribution in [3.63, 3.8) is 0 Å². The van der Waals surface area contributed by atoms with Crippen LogP contribution >= 0.6 is 0 Å². The molecule has 5 heteroatoms. The summed E-state index contributed by atoms with van der Waals surface area (Å²) in [6, 6.07) is 42.8. The summed E-state index contributed by atoms with van der Waals surface area (Å²) in [4.78, 5) is 13.6. The molecule has 4 nitrogen and oxygen atoms in total. The fourth-order valence-corrected chi connectivity index (χ4v) is 4.86. The Labute approximate surface area is 259 Å². The van der Waals surface area contributed by atoms with Gasteiger partial charge in [0.1, 0.15) is 0 Å². The monoisotopic (exact) mass is 724 g/mol. The molecule has 0 unspecified atom stereocenters. The Hall–Kier alpha value is -4.44. The number of hydrogen-bond acceptors (Lipinski definition) is 4. The van der Waals surface area contributed by atoms with E-state index >= 15 is 0 Å². The smallest absolute Gasteiger partial charge is 0.216 e. The minimum Gasteiger partial charge on any atom is -0.486 e. The minimum absolute atomic E-state index is 0. The zero-order valence-corrected chi connectivity index (χ0v) is 26.0. The van der Waals surface area contributed by atoms with Crippen LogP contribution in [0.15, 0.2) is 126 Å². The number of benzene rings is 3. The first kappa shape index (κ1) is 29.1. The van der Waals surface area contributed by atoms with E-state index in [9.17, 15) is 0 Å². The number of hydrogen-bond donors (Lipinski definition) is 0. The third-order valence-electron chi connectivity index (χ3n) is 7.25. The van der Waals surface area contributed by atoms with Crippen LogP contribution in [0.25, 0.3) is 44.6 Å². The quantitative estimate of drug-likeness (QED) is 0.170. The average Bonchev–Trinajstić information content (AvgIpc) is 3.40. The molecule has 3 aromatic carbocycles. The van der Waals surface area contributed by atoms with E-state index in [4.69, 9.17) is 9.40 Å². The molecular weight excluding hydrogens is 695 g/mol. The first-order valence-electron chi connectivity index (χ1n) is 13.6. The Kier molecular flexibility index (Phi) is 8.72. The van der Waals surface area contributed by atoms with Gasteiger partial charge in [0.05, 0.1) is 11.3 Å². The zero-order valence-electron chi connectivity index (χ0n) is 23.6. The second-order valence-electron chi connectivity index (χ2n) is 10.5. The van der Waals surface area contributed by atoms with Crippen LogP contribution in [0.1, 0.15) is 30.7 Å². The van der Waals surface area contributed by atoms with Crippen molar-refractivity contribution in [3.8, 4) is 22.5 Å². The number of fused-ring (bicyclic) bond motifs is 3. The Bertz CT molecular complexity index is 1880. The van der Waals surface area contributed by atoms with Crippen molar-refractivity contribution in [1.82, 2.24) is 15.0 Å². The maximum absolute atomic E-state index is 6.08. The van der Waals surface area contributed by atoms with Crippen molar-refractivity contribution < 1.29 is 24.5 Å². The number of pyridine rings is 3. The normalized spacial score (nSPS) is 11.0. The van der Waals surface area contributed by atoms with E-state index in [0.29, 0.717) is 5.71 Å². The van der Waals surface area contributed by atoms with E-state index in [1.807, 2.05) is 66.9 Å². The molecule has 0 bridgehead atoms. The molecule has 0 saturated heterocycles. The second kappa shape index (κ2) is 12.6. The van der Waals surface area contributed by atoms with Gasteiger partial charge >= 0.3 is 0 Å². The third-order valence-corrected chi connectivity index (χ3v) is 7.25. The van der Waals surface area contributed by atoms with Crippen molar-refractivity contribution in [1.29, 1.82) is 0 Å². The van der Waals surface area contributed by atoms with Crippen molar-refractivity contribution >= 4 is 22.1 Å². The molecule has 7 rings (SSSR count). The van der Waals surface area contributed by atoms with Crippen molar-refractivity contribution in [3.05, 3.63) is 151 Å². The van der Waals surface area contributed by atoms with Gasteiger partial charge in [0.15, 0.2) is 0 Å². The second-order valence-corrected chi connectivity index (χ2v) is 10.5. The van der Waals surface area contributed by atoms with Crippen LogP contribution in [0.4, 0.5) is 0 Å². The van der Waals surface area contributed by atoms with Crippen LogP contribution in [-0.2, 0) is 25.5 Å². The van der Waals surface area contributed by atoms with Gasteiger partial charge in [0.25, 0.3) is 0 Å². The zero-order chi connectivity index (χ0) is 28.2. The van der Waals surface area contributed by atoms with E-state index in [1.54, 1.807) is 6.20 Å². The standard InChI is InChI=1S/C26H21N2O.C11H8N.Ir/c1-17-13-14-27-22(15-17)18-9-11-23-21(16-18)20-10-12-24(28-25(20)29-23)26(2,3)19-7-5-4-6-8-19;1-2-6-10(7-3-1)11-8-4-5-9-12-11;/h4-8,10-16H,1-3H3;1-6,8-9H;/q2*-1;. The molecule has 4 heterocycles. The Balaban J connectivity index is 0.000000228. The topological polar surface area (TPSA) is 51.8 Å². The van der Waals surface area contributed by atoms with Crippen molar-refractivity contribution in [2.75, 3.05) is 0 Å². The van der Waals surface area contributed by atoms with Crippen LogP contribution in [0.2, 0.25) is 0 Å². The molecule has 4 aromatic heterocycles. The summed E-state index contributed by atoms with van der Waals surface area (Å²) < 4.78 is 6.08. The number of aromatic nitrogens is 3. The average molecular weight is 724 g/mol. The number of nitrogens with zero attached hydrogens (tertiary/aromatic N) is 3. The first-order valence-corrected chi connectivity index (χ1v) is 13.6. The number of rotatable bonds is 4. The fraction of sp³-hybridized carbons (Fsp3) is 0.108. The van der Waals surface area contributed by atoms with E-state index in [-0.39, 0.29) is 25.5 Å². The van der Waals surface area contributed by atoms with Gasteiger partial charge < -0.3 is 14.4 Å². The molecule has 0 fully saturated rings. The summed E-state index contributed by atoms with van der Waals surface area (Å²) in [5, 5.41) is 2.05. The molecule has 209 valence electrons. The summed E-state index contributed by atoms with van der Waals surface area (Å²) in [6.45, 7) is 6.44. The Morgan fingerprint density at radius 1 is 0.690 bits per heavy atom. The predicted molar refractivity (Wildman–Crippen MR) is 165 cm³/mol. The van der Waals surface area contributed by atoms with E-state index in [2.05, 4.69) is 91.4 Å². The van der Waals surface area contributed by atoms with Crippen LogP contribution in [-0.4, -0.2) is 15.0 Å². The number of aryl methyl sites for hydroxylation is 1. The maximum Gasteiger partial charge on any atom is 0.216 e. The third kappa shape index (κ3) is 6.08. The van der Waals surface area contributed by atoms with Gasteiger partial charge in [-0.05, 0) is 48.1 Å². The van der Waals surface area contributed by atoms with Gasteiger partial charge in [-0.15, -0.1) is 59.7 Å².